The lowest BCUT2D eigenvalue weighted by Gasteiger charge is -2.10. The topological polar surface area (TPSA) is 70.2 Å². The Bertz CT molecular complexity index is 247. The maximum atomic E-state index is 11.2. The summed E-state index contributed by atoms with van der Waals surface area (Å²) in [5, 5.41) is 3.32. The zero-order valence-electron chi connectivity index (χ0n) is 8.54. The zero-order chi connectivity index (χ0) is 10.4. The third-order valence-corrected chi connectivity index (χ3v) is 3.53. The molecular formula is C8H19N3O2S. The summed E-state index contributed by atoms with van der Waals surface area (Å²) in [6.07, 6.45) is 3.22. The summed E-state index contributed by atoms with van der Waals surface area (Å²) in [5.41, 5.74) is 0. The van der Waals surface area contributed by atoms with Crippen LogP contribution in [0.3, 0.4) is 0 Å². The van der Waals surface area contributed by atoms with E-state index in [4.69, 9.17) is 0 Å². The minimum atomic E-state index is -3.25. The second-order valence-electron chi connectivity index (χ2n) is 3.48. The summed E-state index contributed by atoms with van der Waals surface area (Å²) in [6.45, 7) is 3.76. The Morgan fingerprint density at radius 1 is 1.43 bits per heavy atom. The highest BCUT2D eigenvalue weighted by atomic mass is 32.2. The van der Waals surface area contributed by atoms with Crippen LogP contribution in [-0.2, 0) is 10.2 Å². The molecule has 6 heteroatoms. The fraction of sp³-hybridized carbons (Fsp3) is 1.00. The van der Waals surface area contributed by atoms with Crippen molar-refractivity contribution in [3.05, 3.63) is 0 Å². The zero-order valence-corrected chi connectivity index (χ0v) is 9.36. The molecule has 1 fully saturated rings. The van der Waals surface area contributed by atoms with Gasteiger partial charge in [-0.05, 0) is 25.8 Å². The van der Waals surface area contributed by atoms with Crippen LogP contribution in [0.5, 0.6) is 0 Å². The minimum absolute atomic E-state index is 0.428. The maximum Gasteiger partial charge on any atom is 0.276 e. The quantitative estimate of drug-likeness (QED) is 0.570. The molecule has 1 rings (SSSR count). The van der Waals surface area contributed by atoms with E-state index in [9.17, 15) is 8.42 Å². The summed E-state index contributed by atoms with van der Waals surface area (Å²) in [7, 11) is -3.25. The second kappa shape index (κ2) is 5.65. The molecule has 0 radical (unpaired) electrons. The first kappa shape index (κ1) is 11.9. The summed E-state index contributed by atoms with van der Waals surface area (Å²) < 4.78 is 27.2. The number of hydrogen-bond donors (Lipinski definition) is 3. The van der Waals surface area contributed by atoms with Crippen LogP contribution in [0.15, 0.2) is 0 Å². The Labute approximate surface area is 85.8 Å². The Morgan fingerprint density at radius 2 is 2.21 bits per heavy atom. The predicted octanol–water partition coefficient (Wildman–Crippen LogP) is -0.428. The number of rotatable bonds is 6. The third-order valence-electron chi connectivity index (χ3n) is 2.28. The molecule has 14 heavy (non-hydrogen) atoms. The molecule has 1 heterocycles. The Kier molecular flexibility index (Phi) is 4.80. The van der Waals surface area contributed by atoms with E-state index in [1.165, 1.54) is 6.42 Å². The van der Waals surface area contributed by atoms with Gasteiger partial charge in [0, 0.05) is 19.1 Å². The molecule has 84 valence electrons. The maximum absolute atomic E-state index is 11.2. The minimum Gasteiger partial charge on any atom is -0.314 e. The van der Waals surface area contributed by atoms with Crippen molar-refractivity contribution in [1.29, 1.82) is 0 Å². The molecule has 1 saturated heterocycles. The Morgan fingerprint density at radius 3 is 2.79 bits per heavy atom. The monoisotopic (exact) mass is 221 g/mol. The van der Waals surface area contributed by atoms with Crippen molar-refractivity contribution in [2.24, 2.45) is 0 Å². The molecule has 1 aliphatic rings. The van der Waals surface area contributed by atoms with Gasteiger partial charge in [-0.15, -0.1) is 0 Å². The smallest absolute Gasteiger partial charge is 0.276 e. The molecule has 0 aromatic carbocycles. The van der Waals surface area contributed by atoms with Crippen LogP contribution in [0.4, 0.5) is 0 Å². The first-order valence-electron chi connectivity index (χ1n) is 5.11. The SMILES string of the molecule is CCNS(=O)(=O)NCCC1CCCN1. The Hall–Kier alpha value is -0.170. The van der Waals surface area contributed by atoms with Crippen LogP contribution >= 0.6 is 0 Å². The summed E-state index contributed by atoms with van der Waals surface area (Å²) in [5.74, 6) is 0. The van der Waals surface area contributed by atoms with Crippen LogP contribution in [0.1, 0.15) is 26.2 Å². The van der Waals surface area contributed by atoms with Crippen LogP contribution in [0.2, 0.25) is 0 Å². The van der Waals surface area contributed by atoms with Crippen molar-refractivity contribution in [3.63, 3.8) is 0 Å². The normalized spacial score (nSPS) is 22.8. The van der Waals surface area contributed by atoms with Gasteiger partial charge in [0.05, 0.1) is 0 Å². The molecule has 0 aromatic rings. The van der Waals surface area contributed by atoms with E-state index in [1.807, 2.05) is 0 Å². The van der Waals surface area contributed by atoms with Crippen molar-refractivity contribution in [3.8, 4) is 0 Å². The molecule has 1 atom stereocenters. The van der Waals surface area contributed by atoms with Gasteiger partial charge < -0.3 is 5.32 Å². The van der Waals surface area contributed by atoms with Gasteiger partial charge in [-0.3, -0.25) is 0 Å². The molecule has 0 spiro atoms. The fourth-order valence-electron chi connectivity index (χ4n) is 1.61. The highest BCUT2D eigenvalue weighted by Gasteiger charge is 2.14. The van der Waals surface area contributed by atoms with Crippen molar-refractivity contribution >= 4 is 10.2 Å². The lowest BCUT2D eigenvalue weighted by Crippen LogP contribution is -2.38. The van der Waals surface area contributed by atoms with Crippen LogP contribution in [0.25, 0.3) is 0 Å². The van der Waals surface area contributed by atoms with E-state index in [0.717, 1.165) is 19.4 Å². The highest BCUT2D eigenvalue weighted by molar-refractivity contribution is 7.87. The van der Waals surface area contributed by atoms with Crippen molar-refractivity contribution in [1.82, 2.24) is 14.8 Å². The molecule has 3 N–H and O–H groups in total. The van der Waals surface area contributed by atoms with Gasteiger partial charge in [0.2, 0.25) is 0 Å². The molecule has 0 bridgehead atoms. The van der Waals surface area contributed by atoms with Crippen molar-refractivity contribution in [2.45, 2.75) is 32.2 Å². The largest absolute Gasteiger partial charge is 0.314 e. The average molecular weight is 221 g/mol. The molecule has 1 unspecified atom stereocenters. The van der Waals surface area contributed by atoms with E-state index in [1.54, 1.807) is 6.92 Å². The molecule has 0 saturated carbocycles. The predicted molar refractivity (Wildman–Crippen MR) is 56.2 cm³/mol. The van der Waals surface area contributed by atoms with Crippen molar-refractivity contribution < 1.29 is 8.42 Å². The van der Waals surface area contributed by atoms with Crippen LogP contribution in [0, 0.1) is 0 Å². The molecule has 0 amide bonds. The number of nitrogens with one attached hydrogen (secondary N) is 3. The van der Waals surface area contributed by atoms with Gasteiger partial charge in [0.1, 0.15) is 0 Å². The van der Waals surface area contributed by atoms with Crippen LogP contribution < -0.4 is 14.8 Å². The fourth-order valence-corrected chi connectivity index (χ4v) is 2.48. The third kappa shape index (κ3) is 4.36. The van der Waals surface area contributed by atoms with E-state index >= 15 is 0 Å². The van der Waals surface area contributed by atoms with Gasteiger partial charge in [0.25, 0.3) is 10.2 Å². The van der Waals surface area contributed by atoms with Gasteiger partial charge in [-0.2, -0.15) is 8.42 Å². The van der Waals surface area contributed by atoms with Gasteiger partial charge in [-0.1, -0.05) is 6.92 Å². The number of hydrogen-bond acceptors (Lipinski definition) is 3. The van der Waals surface area contributed by atoms with Crippen LogP contribution in [-0.4, -0.2) is 34.1 Å². The average Bonchev–Trinajstić information content (AvgIpc) is 2.56. The van der Waals surface area contributed by atoms with E-state index < -0.39 is 10.2 Å². The molecule has 0 aliphatic carbocycles. The molecule has 5 nitrogen and oxygen atoms in total. The van der Waals surface area contributed by atoms with Gasteiger partial charge in [-0.25, -0.2) is 9.44 Å². The molecular weight excluding hydrogens is 202 g/mol. The lowest BCUT2D eigenvalue weighted by atomic mass is 10.2. The lowest BCUT2D eigenvalue weighted by molar-refractivity contribution is 0.534. The highest BCUT2D eigenvalue weighted by Crippen LogP contribution is 2.07. The first-order valence-corrected chi connectivity index (χ1v) is 6.60. The summed E-state index contributed by atoms with van der Waals surface area (Å²) in [4.78, 5) is 0. The summed E-state index contributed by atoms with van der Waals surface area (Å²) in [6, 6.07) is 0.485. The van der Waals surface area contributed by atoms with Gasteiger partial charge in [0.15, 0.2) is 0 Å². The van der Waals surface area contributed by atoms with E-state index in [-0.39, 0.29) is 0 Å². The van der Waals surface area contributed by atoms with E-state index in [0.29, 0.717) is 19.1 Å². The molecule has 1 aliphatic heterocycles. The second-order valence-corrected chi connectivity index (χ2v) is 5.06. The Balaban J connectivity index is 2.13. The summed E-state index contributed by atoms with van der Waals surface area (Å²) >= 11 is 0. The first-order chi connectivity index (χ1) is 6.64. The van der Waals surface area contributed by atoms with Gasteiger partial charge >= 0.3 is 0 Å². The van der Waals surface area contributed by atoms with Crippen molar-refractivity contribution in [2.75, 3.05) is 19.6 Å². The molecule has 0 aromatic heterocycles. The van der Waals surface area contributed by atoms with E-state index in [2.05, 4.69) is 14.8 Å². The standard InChI is InChI=1S/C8H19N3O2S/c1-2-10-14(12,13)11-7-5-8-4-3-6-9-8/h8-11H,2-7H2,1H3.